The summed E-state index contributed by atoms with van der Waals surface area (Å²) in [4.78, 5) is 21.9. The minimum atomic E-state index is 0.148. The number of aromatic nitrogens is 2. The summed E-state index contributed by atoms with van der Waals surface area (Å²) in [7, 11) is 1.86. The number of carbonyl (C=O) groups excluding carboxylic acids is 1. The van der Waals surface area contributed by atoms with Crippen LogP contribution in [0, 0.1) is 5.92 Å². The molecule has 1 aliphatic heterocycles. The van der Waals surface area contributed by atoms with Gasteiger partial charge in [0.25, 0.3) is 0 Å². The molecule has 2 heterocycles. The van der Waals surface area contributed by atoms with Crippen LogP contribution in [0.25, 0.3) is 11.3 Å². The highest BCUT2D eigenvalue weighted by atomic mass is 16.2. The van der Waals surface area contributed by atoms with Gasteiger partial charge in [0, 0.05) is 13.0 Å². The Bertz CT molecular complexity index is 617. The minimum absolute atomic E-state index is 0.148. The van der Waals surface area contributed by atoms with Crippen LogP contribution in [0.3, 0.4) is 0 Å². The number of rotatable bonds is 4. The Kier molecular flexibility index (Phi) is 4.53. The molecule has 1 saturated heterocycles. The number of aromatic amines is 1. The summed E-state index contributed by atoms with van der Waals surface area (Å²) in [6.07, 6.45) is 3.68. The summed E-state index contributed by atoms with van der Waals surface area (Å²) < 4.78 is 0. The van der Waals surface area contributed by atoms with Gasteiger partial charge in [-0.25, -0.2) is 4.98 Å². The predicted molar refractivity (Wildman–Crippen MR) is 86.1 cm³/mol. The molecule has 22 heavy (non-hydrogen) atoms. The van der Waals surface area contributed by atoms with Gasteiger partial charge in [-0.15, -0.1) is 0 Å². The number of amides is 1. The Hall–Kier alpha value is -2.14. The van der Waals surface area contributed by atoms with E-state index in [2.05, 4.69) is 15.3 Å². The highest BCUT2D eigenvalue weighted by Gasteiger charge is 2.24. The second-order valence-corrected chi connectivity index (χ2v) is 5.83. The number of hydrogen-bond acceptors (Lipinski definition) is 3. The molecule has 1 amide bonds. The Morgan fingerprint density at radius 2 is 2.00 bits per heavy atom. The van der Waals surface area contributed by atoms with Gasteiger partial charge in [0.05, 0.1) is 18.4 Å². The van der Waals surface area contributed by atoms with E-state index in [0.29, 0.717) is 6.54 Å². The van der Waals surface area contributed by atoms with E-state index < -0.39 is 0 Å². The molecule has 0 bridgehead atoms. The maximum atomic E-state index is 12.4. The van der Waals surface area contributed by atoms with Crippen LogP contribution in [0.15, 0.2) is 36.5 Å². The van der Waals surface area contributed by atoms with Crippen molar-refractivity contribution in [2.24, 2.45) is 5.92 Å². The molecule has 0 saturated carbocycles. The van der Waals surface area contributed by atoms with Crippen molar-refractivity contribution in [2.75, 3.05) is 20.1 Å². The number of H-pyrrole nitrogens is 1. The molecule has 0 aliphatic carbocycles. The maximum Gasteiger partial charge on any atom is 0.225 e. The number of carbonyl (C=O) groups is 1. The van der Waals surface area contributed by atoms with Crippen molar-refractivity contribution in [3.05, 3.63) is 42.4 Å². The predicted octanol–water partition coefficient (Wildman–Crippen LogP) is 2.03. The topological polar surface area (TPSA) is 61.0 Å². The number of nitrogens with one attached hydrogen (secondary N) is 2. The molecule has 5 heteroatoms. The fraction of sp³-hybridized carbons (Fsp3) is 0.412. The van der Waals surface area contributed by atoms with Gasteiger partial charge in [-0.2, -0.15) is 0 Å². The lowest BCUT2D eigenvalue weighted by Crippen LogP contribution is -2.39. The van der Waals surface area contributed by atoms with Crippen molar-refractivity contribution in [1.29, 1.82) is 0 Å². The van der Waals surface area contributed by atoms with E-state index in [9.17, 15) is 4.79 Å². The summed E-state index contributed by atoms with van der Waals surface area (Å²) >= 11 is 0. The third-order valence-electron chi connectivity index (χ3n) is 4.16. The molecular formula is C17H22N4O. The largest absolute Gasteiger partial charge is 0.341 e. The second kappa shape index (κ2) is 6.75. The van der Waals surface area contributed by atoms with Crippen LogP contribution in [0.1, 0.15) is 18.7 Å². The number of piperidine rings is 1. The van der Waals surface area contributed by atoms with Gasteiger partial charge in [-0.1, -0.05) is 30.3 Å². The van der Waals surface area contributed by atoms with E-state index in [4.69, 9.17) is 0 Å². The summed E-state index contributed by atoms with van der Waals surface area (Å²) in [6, 6.07) is 10.1. The molecule has 116 valence electrons. The molecule has 0 radical (unpaired) electrons. The number of hydrogen-bond donors (Lipinski definition) is 2. The zero-order chi connectivity index (χ0) is 15.4. The Labute approximate surface area is 130 Å². The molecule has 2 N–H and O–H groups in total. The first kappa shape index (κ1) is 14.8. The van der Waals surface area contributed by atoms with Crippen molar-refractivity contribution in [2.45, 2.75) is 19.4 Å². The summed E-state index contributed by atoms with van der Waals surface area (Å²) in [5, 5.41) is 3.29. The normalized spacial score (nSPS) is 15.7. The summed E-state index contributed by atoms with van der Waals surface area (Å²) in [5.74, 6) is 1.19. The van der Waals surface area contributed by atoms with Crippen molar-refractivity contribution in [3.63, 3.8) is 0 Å². The maximum absolute atomic E-state index is 12.4. The smallest absolute Gasteiger partial charge is 0.225 e. The first-order valence-corrected chi connectivity index (χ1v) is 7.79. The summed E-state index contributed by atoms with van der Waals surface area (Å²) in [6.45, 7) is 2.39. The molecule has 1 fully saturated rings. The van der Waals surface area contributed by atoms with E-state index >= 15 is 0 Å². The van der Waals surface area contributed by atoms with E-state index in [0.717, 1.165) is 43.0 Å². The minimum Gasteiger partial charge on any atom is -0.341 e. The van der Waals surface area contributed by atoms with Crippen molar-refractivity contribution in [1.82, 2.24) is 20.2 Å². The Morgan fingerprint density at radius 3 is 2.73 bits per heavy atom. The van der Waals surface area contributed by atoms with Crippen molar-refractivity contribution in [3.8, 4) is 11.3 Å². The summed E-state index contributed by atoms with van der Waals surface area (Å²) in [5.41, 5.74) is 2.09. The van der Waals surface area contributed by atoms with Crippen LogP contribution in [0.2, 0.25) is 0 Å². The molecule has 5 nitrogen and oxygen atoms in total. The van der Waals surface area contributed by atoms with Gasteiger partial charge < -0.3 is 15.2 Å². The lowest BCUT2D eigenvalue weighted by atomic mass is 9.97. The van der Waals surface area contributed by atoms with Gasteiger partial charge in [0.15, 0.2) is 0 Å². The first-order chi connectivity index (χ1) is 10.7. The van der Waals surface area contributed by atoms with Gasteiger partial charge in [0.1, 0.15) is 5.82 Å². The van der Waals surface area contributed by atoms with Gasteiger partial charge in [-0.3, -0.25) is 4.79 Å². The van der Waals surface area contributed by atoms with Crippen LogP contribution in [0.4, 0.5) is 0 Å². The molecule has 0 atom stereocenters. The number of benzene rings is 1. The van der Waals surface area contributed by atoms with Gasteiger partial charge >= 0.3 is 0 Å². The van der Waals surface area contributed by atoms with Crippen LogP contribution in [-0.2, 0) is 11.3 Å². The molecule has 2 aromatic rings. The molecule has 0 unspecified atom stereocenters. The highest BCUT2D eigenvalue weighted by molar-refractivity contribution is 5.78. The SMILES string of the molecule is CN(Cc1ncc(-c2ccccc2)[nH]1)C(=O)C1CCNCC1. The molecule has 1 aromatic heterocycles. The zero-order valence-electron chi connectivity index (χ0n) is 12.9. The van der Waals surface area contributed by atoms with Crippen LogP contribution >= 0.6 is 0 Å². The highest BCUT2D eigenvalue weighted by Crippen LogP contribution is 2.18. The van der Waals surface area contributed by atoms with Crippen LogP contribution in [0.5, 0.6) is 0 Å². The molecule has 1 aromatic carbocycles. The third kappa shape index (κ3) is 3.36. The van der Waals surface area contributed by atoms with Gasteiger partial charge in [-0.05, 0) is 31.5 Å². The number of nitrogens with zero attached hydrogens (tertiary/aromatic N) is 2. The van der Waals surface area contributed by atoms with E-state index in [1.807, 2.05) is 43.6 Å². The lowest BCUT2D eigenvalue weighted by Gasteiger charge is -2.26. The fourth-order valence-corrected chi connectivity index (χ4v) is 2.89. The quantitative estimate of drug-likeness (QED) is 0.908. The molecule has 3 rings (SSSR count). The lowest BCUT2D eigenvalue weighted by molar-refractivity contribution is -0.135. The molecular weight excluding hydrogens is 276 g/mol. The van der Waals surface area contributed by atoms with E-state index in [1.165, 1.54) is 0 Å². The van der Waals surface area contributed by atoms with Gasteiger partial charge in [0.2, 0.25) is 5.91 Å². The fourth-order valence-electron chi connectivity index (χ4n) is 2.89. The zero-order valence-corrected chi connectivity index (χ0v) is 12.9. The third-order valence-corrected chi connectivity index (χ3v) is 4.16. The van der Waals surface area contributed by atoms with Crippen molar-refractivity contribution < 1.29 is 4.79 Å². The Morgan fingerprint density at radius 1 is 1.27 bits per heavy atom. The first-order valence-electron chi connectivity index (χ1n) is 7.79. The Balaban J connectivity index is 1.63. The van der Waals surface area contributed by atoms with Crippen LogP contribution in [-0.4, -0.2) is 40.9 Å². The van der Waals surface area contributed by atoms with E-state index in [1.54, 1.807) is 4.90 Å². The van der Waals surface area contributed by atoms with E-state index in [-0.39, 0.29) is 11.8 Å². The average Bonchev–Trinajstić information content (AvgIpc) is 3.04. The second-order valence-electron chi connectivity index (χ2n) is 5.83. The van der Waals surface area contributed by atoms with Crippen LogP contribution < -0.4 is 5.32 Å². The monoisotopic (exact) mass is 298 g/mol. The standard InChI is InChI=1S/C17H22N4O/c1-21(17(22)14-7-9-18-10-8-14)12-16-19-11-15(20-16)13-5-3-2-4-6-13/h2-6,11,14,18H,7-10,12H2,1H3,(H,19,20). The average molecular weight is 298 g/mol. The van der Waals surface area contributed by atoms with Crippen molar-refractivity contribution >= 4 is 5.91 Å². The molecule has 1 aliphatic rings. The molecule has 0 spiro atoms. The number of imidazole rings is 1.